The van der Waals surface area contributed by atoms with Crippen LogP contribution in [0.5, 0.6) is 5.88 Å². The molecule has 0 bridgehead atoms. The molecule has 2 aromatic heterocycles. The van der Waals surface area contributed by atoms with E-state index in [1.807, 2.05) is 38.2 Å². The summed E-state index contributed by atoms with van der Waals surface area (Å²) in [6.45, 7) is 9.95. The highest BCUT2D eigenvalue weighted by atomic mass is 19.1. The normalized spacial score (nSPS) is 14.2. The van der Waals surface area contributed by atoms with Crippen LogP contribution in [0.25, 0.3) is 16.6 Å². The van der Waals surface area contributed by atoms with Crippen LogP contribution in [0, 0.1) is 12.7 Å². The number of amides is 1. The van der Waals surface area contributed by atoms with Crippen molar-refractivity contribution in [1.29, 1.82) is 0 Å². The smallest absolute Gasteiger partial charge is 0.254 e. The molecular weight excluding hydrogens is 383 g/mol. The minimum Gasteiger partial charge on any atom is -0.473 e. The number of halogens is 1. The molecule has 0 unspecified atom stereocenters. The highest BCUT2D eigenvalue weighted by molar-refractivity contribution is 6.03. The minimum atomic E-state index is -0.434. The van der Waals surface area contributed by atoms with E-state index in [0.717, 1.165) is 29.9 Å². The van der Waals surface area contributed by atoms with Gasteiger partial charge >= 0.3 is 0 Å². The number of carbonyl (C=O) groups is 1. The molecule has 0 saturated carbocycles. The lowest BCUT2D eigenvalue weighted by atomic mass is 9.99. The van der Waals surface area contributed by atoms with Gasteiger partial charge in [-0.1, -0.05) is 6.07 Å². The summed E-state index contributed by atoms with van der Waals surface area (Å²) in [6, 6.07) is 6.33. The first kappa shape index (κ1) is 20.3. The van der Waals surface area contributed by atoms with Crippen molar-refractivity contribution in [2.75, 3.05) is 19.6 Å². The Balaban J connectivity index is 1.89. The topological polar surface area (TPSA) is 58.9 Å². The van der Waals surface area contributed by atoms with Gasteiger partial charge in [-0.2, -0.15) is 0 Å². The number of carbonyl (C=O) groups excluding carboxylic acids is 1. The summed E-state index contributed by atoms with van der Waals surface area (Å²) in [7, 11) is 0. The van der Waals surface area contributed by atoms with E-state index in [1.165, 1.54) is 12.1 Å². The molecule has 1 amide bonds. The Morgan fingerprint density at radius 1 is 1.30 bits per heavy atom. The van der Waals surface area contributed by atoms with Crippen molar-refractivity contribution < 1.29 is 13.9 Å². The van der Waals surface area contributed by atoms with E-state index in [9.17, 15) is 9.18 Å². The lowest BCUT2D eigenvalue weighted by Crippen LogP contribution is -2.50. The third-order valence-electron chi connectivity index (χ3n) is 5.57. The second kappa shape index (κ2) is 8.07. The van der Waals surface area contributed by atoms with E-state index in [4.69, 9.17) is 4.74 Å². The van der Waals surface area contributed by atoms with Crippen molar-refractivity contribution in [1.82, 2.24) is 19.6 Å². The molecule has 1 fully saturated rings. The molecule has 7 heteroatoms. The zero-order chi connectivity index (χ0) is 21.4. The zero-order valence-electron chi connectivity index (χ0n) is 17.8. The average Bonchev–Trinajstić information content (AvgIpc) is 3.04. The molecular formula is C23H27FN4O2. The number of hydrogen-bond donors (Lipinski definition) is 1. The molecule has 30 heavy (non-hydrogen) atoms. The quantitative estimate of drug-likeness (QED) is 0.674. The van der Waals surface area contributed by atoms with E-state index in [1.54, 1.807) is 23.4 Å². The third kappa shape index (κ3) is 3.54. The largest absolute Gasteiger partial charge is 0.473 e. The monoisotopic (exact) mass is 410 g/mol. The summed E-state index contributed by atoms with van der Waals surface area (Å²) in [4.78, 5) is 19.4. The van der Waals surface area contributed by atoms with Gasteiger partial charge in [0.05, 0.1) is 17.3 Å². The Kier molecular flexibility index (Phi) is 5.47. The van der Waals surface area contributed by atoms with Crippen LogP contribution in [0.3, 0.4) is 0 Å². The maximum absolute atomic E-state index is 14.2. The number of aromatic nitrogens is 2. The van der Waals surface area contributed by atoms with Crippen molar-refractivity contribution >= 4 is 11.4 Å². The van der Waals surface area contributed by atoms with Crippen LogP contribution in [0.1, 0.15) is 36.8 Å². The van der Waals surface area contributed by atoms with Gasteiger partial charge in [0.15, 0.2) is 5.88 Å². The van der Waals surface area contributed by atoms with Gasteiger partial charge in [-0.05, 0) is 45.4 Å². The first-order chi connectivity index (χ1) is 14.4. The molecule has 158 valence electrons. The second-order valence-electron chi connectivity index (χ2n) is 7.94. The summed E-state index contributed by atoms with van der Waals surface area (Å²) in [5.41, 5.74) is 3.57. The SMILES string of the molecule is CCN(C(=O)c1cc(F)ccc1-c1cc(OC2CNC2)n2c(C)cncc12)C(C)C. The molecule has 1 aliphatic heterocycles. The number of benzene rings is 1. The molecule has 1 aromatic carbocycles. The van der Waals surface area contributed by atoms with Gasteiger partial charge in [-0.15, -0.1) is 0 Å². The number of hydrogen-bond acceptors (Lipinski definition) is 4. The lowest BCUT2D eigenvalue weighted by Gasteiger charge is -2.27. The third-order valence-corrected chi connectivity index (χ3v) is 5.57. The Morgan fingerprint density at radius 3 is 2.70 bits per heavy atom. The van der Waals surface area contributed by atoms with E-state index >= 15 is 0 Å². The van der Waals surface area contributed by atoms with Gasteiger partial charge in [0.25, 0.3) is 5.91 Å². The molecule has 0 spiro atoms. The van der Waals surface area contributed by atoms with Gasteiger partial charge < -0.3 is 15.0 Å². The molecule has 3 aromatic rings. The zero-order valence-corrected chi connectivity index (χ0v) is 17.8. The van der Waals surface area contributed by atoms with Crippen LogP contribution in [-0.4, -0.2) is 52.0 Å². The molecule has 1 saturated heterocycles. The first-order valence-electron chi connectivity index (χ1n) is 10.3. The van der Waals surface area contributed by atoms with Crippen LogP contribution in [0.4, 0.5) is 4.39 Å². The summed E-state index contributed by atoms with van der Waals surface area (Å²) in [5.74, 6) is 0.0784. The van der Waals surface area contributed by atoms with Gasteiger partial charge in [0, 0.05) is 49.2 Å². The fourth-order valence-corrected chi connectivity index (χ4v) is 3.91. The molecule has 0 radical (unpaired) electrons. The van der Waals surface area contributed by atoms with Crippen LogP contribution in [0.15, 0.2) is 36.7 Å². The number of rotatable bonds is 6. The minimum absolute atomic E-state index is 0.0123. The predicted octanol–water partition coefficient (Wildman–Crippen LogP) is 3.67. The molecule has 0 aliphatic carbocycles. The molecule has 6 nitrogen and oxygen atoms in total. The van der Waals surface area contributed by atoms with Crippen molar-refractivity contribution in [3.8, 4) is 17.0 Å². The highest BCUT2D eigenvalue weighted by Crippen LogP contribution is 2.36. The number of nitrogens with zero attached hydrogens (tertiary/aromatic N) is 3. The Bertz CT molecular complexity index is 1090. The van der Waals surface area contributed by atoms with Crippen molar-refractivity contribution in [2.45, 2.75) is 39.8 Å². The summed E-state index contributed by atoms with van der Waals surface area (Å²) in [5, 5.41) is 3.20. The fourth-order valence-electron chi connectivity index (χ4n) is 3.91. The van der Waals surface area contributed by atoms with E-state index in [2.05, 4.69) is 10.3 Å². The van der Waals surface area contributed by atoms with Crippen LogP contribution >= 0.6 is 0 Å². The molecule has 1 aliphatic rings. The molecule has 0 atom stereocenters. The maximum atomic E-state index is 14.2. The number of nitrogens with one attached hydrogen (secondary N) is 1. The maximum Gasteiger partial charge on any atom is 0.254 e. The van der Waals surface area contributed by atoms with Crippen LogP contribution in [-0.2, 0) is 0 Å². The molecule has 3 heterocycles. The van der Waals surface area contributed by atoms with E-state index < -0.39 is 5.82 Å². The fraction of sp³-hybridized carbons (Fsp3) is 0.391. The van der Waals surface area contributed by atoms with E-state index in [-0.39, 0.29) is 18.1 Å². The summed E-state index contributed by atoms with van der Waals surface area (Å²) in [6.07, 6.45) is 3.64. The first-order valence-corrected chi connectivity index (χ1v) is 10.3. The van der Waals surface area contributed by atoms with E-state index in [0.29, 0.717) is 23.6 Å². The van der Waals surface area contributed by atoms with Gasteiger partial charge in [0.2, 0.25) is 0 Å². The lowest BCUT2D eigenvalue weighted by molar-refractivity contribution is 0.0717. The van der Waals surface area contributed by atoms with Gasteiger partial charge in [-0.3, -0.25) is 14.2 Å². The summed E-state index contributed by atoms with van der Waals surface area (Å²) >= 11 is 0. The molecule has 4 rings (SSSR count). The number of fused-ring (bicyclic) bond motifs is 1. The van der Waals surface area contributed by atoms with Crippen molar-refractivity contribution in [2.24, 2.45) is 0 Å². The van der Waals surface area contributed by atoms with Crippen LogP contribution in [0.2, 0.25) is 0 Å². The van der Waals surface area contributed by atoms with Crippen molar-refractivity contribution in [3.63, 3.8) is 0 Å². The number of aryl methyl sites for hydroxylation is 1. The van der Waals surface area contributed by atoms with Gasteiger partial charge in [0.1, 0.15) is 11.9 Å². The van der Waals surface area contributed by atoms with Crippen LogP contribution < -0.4 is 10.1 Å². The average molecular weight is 410 g/mol. The molecule has 1 N–H and O–H groups in total. The standard InChI is InChI=1S/C23H27FN4O2/c1-5-27(14(2)3)23(29)20-8-16(24)6-7-18(20)19-9-22(30-17-11-26-12-17)28-15(4)10-25-13-21(19)28/h6-10,13-14,17,26H,5,11-12H2,1-4H3. The van der Waals surface area contributed by atoms with Crippen molar-refractivity contribution in [3.05, 3.63) is 53.7 Å². The predicted molar refractivity (Wildman–Crippen MR) is 114 cm³/mol. The second-order valence-corrected chi connectivity index (χ2v) is 7.94. The number of ether oxygens (including phenoxy) is 1. The van der Waals surface area contributed by atoms with Gasteiger partial charge in [-0.25, -0.2) is 4.39 Å². The summed E-state index contributed by atoms with van der Waals surface area (Å²) < 4.78 is 22.4. The Hall–Kier alpha value is -2.93. The Morgan fingerprint density at radius 2 is 2.07 bits per heavy atom. The Labute approximate surface area is 175 Å². The highest BCUT2D eigenvalue weighted by Gasteiger charge is 2.26.